The molecule has 2 aliphatic heterocycles. The van der Waals surface area contributed by atoms with Gasteiger partial charge in [0.1, 0.15) is 17.2 Å². The number of amidine groups is 1. The highest BCUT2D eigenvalue weighted by atomic mass is 32.2. The van der Waals surface area contributed by atoms with Crippen LogP contribution in [-0.2, 0) is 16.6 Å². The number of likely N-dealkylation sites (tertiary alicyclic amines) is 1. The minimum absolute atomic E-state index is 0.198. The predicted octanol–water partition coefficient (Wildman–Crippen LogP) is 3.04. The number of esters is 1. The molecule has 0 bridgehead atoms. The van der Waals surface area contributed by atoms with Crippen molar-refractivity contribution >= 4 is 27.5 Å². The molecule has 2 heterocycles. The molecule has 34 heavy (non-hydrogen) atoms. The molecular formula is C26H26N3O4S+. The van der Waals surface area contributed by atoms with Gasteiger partial charge in [-0.05, 0) is 61.7 Å². The number of hydrogen-bond donors (Lipinski definition) is 2. The molecule has 3 aromatic carbocycles. The zero-order valence-electron chi connectivity index (χ0n) is 18.7. The number of fused-ring (bicyclic) bond motifs is 1. The first kappa shape index (κ1) is 22.3. The Morgan fingerprint density at radius 3 is 2.47 bits per heavy atom. The van der Waals surface area contributed by atoms with Gasteiger partial charge in [0.2, 0.25) is 0 Å². The molecule has 2 aliphatic rings. The number of quaternary nitrogens is 1. The van der Waals surface area contributed by atoms with Crippen molar-refractivity contribution in [3.05, 3.63) is 89.5 Å². The molecule has 0 amide bonds. The number of benzene rings is 3. The average Bonchev–Trinajstić information content (AvgIpc) is 3.11. The van der Waals surface area contributed by atoms with E-state index >= 15 is 0 Å². The molecule has 0 atom stereocenters. The molecule has 1 saturated heterocycles. The van der Waals surface area contributed by atoms with Crippen molar-refractivity contribution < 1.29 is 22.8 Å². The van der Waals surface area contributed by atoms with Gasteiger partial charge in [-0.15, -0.1) is 4.40 Å². The first-order chi connectivity index (χ1) is 16.5. The van der Waals surface area contributed by atoms with Crippen molar-refractivity contribution in [2.24, 2.45) is 4.40 Å². The van der Waals surface area contributed by atoms with Crippen LogP contribution in [0.3, 0.4) is 0 Å². The van der Waals surface area contributed by atoms with Gasteiger partial charge in [-0.25, -0.2) is 4.79 Å². The van der Waals surface area contributed by atoms with Crippen LogP contribution >= 0.6 is 0 Å². The maximum Gasteiger partial charge on any atom is 0.343 e. The molecule has 3 aromatic rings. The first-order valence-electron chi connectivity index (χ1n) is 11.4. The van der Waals surface area contributed by atoms with Crippen molar-refractivity contribution in [3.8, 4) is 5.75 Å². The fourth-order valence-corrected chi connectivity index (χ4v) is 5.63. The Bertz CT molecular complexity index is 1350. The Morgan fingerprint density at radius 2 is 1.68 bits per heavy atom. The summed E-state index contributed by atoms with van der Waals surface area (Å²) in [6.07, 6.45) is 3.60. The lowest BCUT2D eigenvalue weighted by Gasteiger charge is -2.24. The summed E-state index contributed by atoms with van der Waals surface area (Å²) in [5, 5.41) is 3.16. The monoisotopic (exact) mass is 476 g/mol. The van der Waals surface area contributed by atoms with Gasteiger partial charge in [-0.1, -0.05) is 30.3 Å². The van der Waals surface area contributed by atoms with E-state index in [1.807, 2.05) is 12.1 Å². The van der Waals surface area contributed by atoms with Crippen molar-refractivity contribution in [1.82, 2.24) is 0 Å². The fraction of sp³-hybridized carbons (Fsp3) is 0.231. The van der Waals surface area contributed by atoms with E-state index in [0.29, 0.717) is 34.9 Å². The zero-order chi connectivity index (χ0) is 23.5. The maximum absolute atomic E-state index is 12.7. The third-order valence-corrected chi connectivity index (χ3v) is 7.50. The van der Waals surface area contributed by atoms with Crippen molar-refractivity contribution in [1.29, 1.82) is 0 Å². The molecule has 0 aliphatic carbocycles. The van der Waals surface area contributed by atoms with Gasteiger partial charge in [0.15, 0.2) is 5.84 Å². The Labute approximate surface area is 199 Å². The van der Waals surface area contributed by atoms with E-state index in [1.54, 1.807) is 60.7 Å². The quantitative estimate of drug-likeness (QED) is 0.437. The third-order valence-electron chi connectivity index (χ3n) is 6.17. The number of hydrogen-bond acceptors (Lipinski definition) is 5. The maximum atomic E-state index is 12.7. The molecular weight excluding hydrogens is 450 g/mol. The summed E-state index contributed by atoms with van der Waals surface area (Å²) in [6, 6.07) is 21.1. The van der Waals surface area contributed by atoms with Crippen LogP contribution in [-0.4, -0.2) is 33.3 Å². The second-order valence-electron chi connectivity index (χ2n) is 8.60. The highest BCUT2D eigenvalue weighted by Crippen LogP contribution is 2.29. The van der Waals surface area contributed by atoms with Gasteiger partial charge in [0.05, 0.1) is 24.2 Å². The van der Waals surface area contributed by atoms with Gasteiger partial charge in [-0.2, -0.15) is 8.42 Å². The SMILES string of the molecule is O=C(Oc1ccc(NC2=NS(=O)(=O)c3ccccc32)cc1C[NH+]1CCCCC1)c1ccccc1. The molecule has 5 rings (SSSR count). The number of piperidine rings is 1. The van der Waals surface area contributed by atoms with Gasteiger partial charge >= 0.3 is 5.97 Å². The van der Waals surface area contributed by atoms with Gasteiger partial charge in [0, 0.05) is 11.3 Å². The fourth-order valence-electron chi connectivity index (χ4n) is 4.46. The Morgan fingerprint density at radius 1 is 0.941 bits per heavy atom. The lowest BCUT2D eigenvalue weighted by Crippen LogP contribution is -3.11. The van der Waals surface area contributed by atoms with Crippen molar-refractivity contribution in [2.75, 3.05) is 18.4 Å². The molecule has 8 heteroatoms. The lowest BCUT2D eigenvalue weighted by atomic mass is 10.1. The van der Waals surface area contributed by atoms with Crippen LogP contribution in [0.5, 0.6) is 5.75 Å². The van der Waals surface area contributed by atoms with Crippen molar-refractivity contribution in [2.45, 2.75) is 30.7 Å². The van der Waals surface area contributed by atoms with Crippen LogP contribution in [0.4, 0.5) is 5.69 Å². The molecule has 7 nitrogen and oxygen atoms in total. The summed E-state index contributed by atoms with van der Waals surface area (Å²) in [7, 11) is -3.71. The molecule has 0 saturated carbocycles. The smallest absolute Gasteiger partial charge is 0.343 e. The van der Waals surface area contributed by atoms with Crippen LogP contribution < -0.4 is 15.0 Å². The third kappa shape index (κ3) is 4.73. The van der Waals surface area contributed by atoms with Gasteiger partial charge in [0.25, 0.3) is 10.0 Å². The van der Waals surface area contributed by atoms with E-state index in [9.17, 15) is 13.2 Å². The molecule has 0 spiro atoms. The summed E-state index contributed by atoms with van der Waals surface area (Å²) >= 11 is 0. The number of nitrogens with zero attached hydrogens (tertiary/aromatic N) is 1. The molecule has 2 N–H and O–H groups in total. The average molecular weight is 477 g/mol. The number of nitrogens with one attached hydrogen (secondary N) is 2. The highest BCUT2D eigenvalue weighted by Gasteiger charge is 2.28. The number of carbonyl (C=O) groups is 1. The summed E-state index contributed by atoms with van der Waals surface area (Å²) in [6.45, 7) is 2.86. The van der Waals surface area contributed by atoms with Gasteiger partial charge in [-0.3, -0.25) is 0 Å². The predicted molar refractivity (Wildman–Crippen MR) is 130 cm³/mol. The second-order valence-corrected chi connectivity index (χ2v) is 10.2. The molecule has 0 radical (unpaired) electrons. The minimum atomic E-state index is -3.71. The number of sulfonamides is 1. The number of anilines is 1. The Kier molecular flexibility index (Phi) is 6.17. The van der Waals surface area contributed by atoms with E-state index in [4.69, 9.17) is 4.74 Å². The summed E-state index contributed by atoms with van der Waals surface area (Å²) in [4.78, 5) is 14.3. The normalized spacial score (nSPS) is 17.0. The Balaban J connectivity index is 1.44. The molecule has 174 valence electrons. The van der Waals surface area contributed by atoms with Crippen LogP contribution in [0.1, 0.15) is 40.7 Å². The summed E-state index contributed by atoms with van der Waals surface area (Å²) in [5.41, 5.74) is 2.62. The highest BCUT2D eigenvalue weighted by molar-refractivity contribution is 7.90. The van der Waals surface area contributed by atoms with E-state index in [-0.39, 0.29) is 4.90 Å². The second kappa shape index (κ2) is 9.40. The molecule has 0 unspecified atom stereocenters. The first-order valence-corrected chi connectivity index (χ1v) is 12.9. The summed E-state index contributed by atoms with van der Waals surface area (Å²) in [5.74, 6) is 0.399. The number of rotatable bonds is 5. The largest absolute Gasteiger partial charge is 0.422 e. The van der Waals surface area contributed by atoms with Crippen LogP contribution in [0.25, 0.3) is 0 Å². The standard InChI is InChI=1S/C26H25N3O4S/c30-26(19-9-3-1-4-10-19)33-23-14-13-21(17-20(23)18-29-15-7-2-8-16-29)27-25-22-11-5-6-12-24(22)34(31,32)28-25/h1,3-6,9-14,17H,2,7-8,15-16,18H2,(H,27,28)/p+1. The molecule has 0 aromatic heterocycles. The number of carbonyl (C=O) groups excluding carboxylic acids is 1. The zero-order valence-corrected chi connectivity index (χ0v) is 19.5. The van der Waals surface area contributed by atoms with Crippen LogP contribution in [0.2, 0.25) is 0 Å². The Hall–Kier alpha value is -3.49. The van der Waals surface area contributed by atoms with Gasteiger partial charge < -0.3 is 15.0 Å². The molecule has 1 fully saturated rings. The summed E-state index contributed by atoms with van der Waals surface area (Å²) < 4.78 is 34.5. The van der Waals surface area contributed by atoms with E-state index in [1.165, 1.54) is 24.2 Å². The van der Waals surface area contributed by atoms with Crippen LogP contribution in [0, 0.1) is 0 Å². The number of ether oxygens (including phenoxy) is 1. The lowest BCUT2D eigenvalue weighted by molar-refractivity contribution is -0.918. The van der Waals surface area contributed by atoms with E-state index in [2.05, 4.69) is 9.71 Å². The van der Waals surface area contributed by atoms with Crippen LogP contribution in [0.15, 0.2) is 82.1 Å². The van der Waals surface area contributed by atoms with E-state index < -0.39 is 16.0 Å². The van der Waals surface area contributed by atoms with E-state index in [0.717, 1.165) is 18.7 Å². The topological polar surface area (TPSA) is 89.3 Å². The van der Waals surface area contributed by atoms with Crippen molar-refractivity contribution in [3.63, 3.8) is 0 Å². The minimum Gasteiger partial charge on any atom is -0.422 e.